The molecule has 0 radical (unpaired) electrons. The summed E-state index contributed by atoms with van der Waals surface area (Å²) in [6, 6.07) is 9.06. The van der Waals surface area contributed by atoms with E-state index in [2.05, 4.69) is 17.1 Å². The first-order valence-corrected chi connectivity index (χ1v) is 9.84. The maximum atomic E-state index is 11.5. The zero-order valence-electron chi connectivity index (χ0n) is 16.1. The molecule has 7 heteroatoms. The summed E-state index contributed by atoms with van der Waals surface area (Å²) in [5, 5.41) is 20.4. The molecule has 0 aliphatic rings. The Kier molecular flexibility index (Phi) is 6.52. The highest BCUT2D eigenvalue weighted by Crippen LogP contribution is 2.30. The zero-order valence-corrected chi connectivity index (χ0v) is 16.9. The van der Waals surface area contributed by atoms with Crippen molar-refractivity contribution in [2.45, 2.75) is 45.4 Å². The van der Waals surface area contributed by atoms with Crippen LogP contribution in [0, 0.1) is 0 Å². The highest BCUT2D eigenvalue weighted by molar-refractivity contribution is 6.31. The van der Waals surface area contributed by atoms with E-state index in [1.165, 1.54) is 11.9 Å². The van der Waals surface area contributed by atoms with Crippen LogP contribution in [-0.2, 0) is 22.4 Å². The molecule has 0 saturated heterocycles. The molecule has 0 amide bonds. The van der Waals surface area contributed by atoms with Crippen molar-refractivity contribution < 1.29 is 14.6 Å². The number of aromatic nitrogens is 3. The van der Waals surface area contributed by atoms with E-state index in [4.69, 9.17) is 16.3 Å². The molecule has 0 fully saturated rings. The second-order valence-corrected chi connectivity index (χ2v) is 7.21. The first-order valence-electron chi connectivity index (χ1n) is 9.46. The van der Waals surface area contributed by atoms with E-state index < -0.39 is 0 Å². The van der Waals surface area contributed by atoms with Gasteiger partial charge in [-0.15, -0.1) is 15.0 Å². The Morgan fingerprint density at radius 1 is 1.14 bits per heavy atom. The number of halogens is 1. The lowest BCUT2D eigenvalue weighted by molar-refractivity contribution is -0.140. The Morgan fingerprint density at radius 2 is 1.93 bits per heavy atom. The number of methoxy groups -OCH3 is 1. The summed E-state index contributed by atoms with van der Waals surface area (Å²) in [5.41, 5.74) is 3.62. The quantitative estimate of drug-likeness (QED) is 0.440. The third-order valence-electron chi connectivity index (χ3n) is 4.68. The number of hydrogen-bond donors (Lipinski definition) is 1. The Bertz CT molecular complexity index is 984. The van der Waals surface area contributed by atoms with Gasteiger partial charge in [0.1, 0.15) is 22.5 Å². The fraction of sp³-hybridized carbons (Fsp3) is 0.381. The minimum absolute atomic E-state index is 0.171. The number of benzene rings is 2. The number of carbonyl (C=O) groups is 1. The molecule has 0 aliphatic carbocycles. The number of nitrogens with zero attached hydrogens (tertiary/aromatic N) is 3. The first-order chi connectivity index (χ1) is 13.5. The van der Waals surface area contributed by atoms with Crippen LogP contribution in [0.15, 0.2) is 30.3 Å². The average Bonchev–Trinajstić information content (AvgIpc) is 3.10. The van der Waals surface area contributed by atoms with Crippen LogP contribution in [0.3, 0.4) is 0 Å². The number of aromatic hydroxyl groups is 1. The normalized spacial score (nSPS) is 11.1. The minimum Gasteiger partial charge on any atom is -0.505 e. The fourth-order valence-electron chi connectivity index (χ4n) is 3.14. The zero-order chi connectivity index (χ0) is 20.1. The predicted molar refractivity (Wildman–Crippen MR) is 109 cm³/mol. The number of unbranched alkanes of at least 4 members (excludes halogenated alkanes) is 2. The molecule has 0 spiro atoms. The van der Waals surface area contributed by atoms with Gasteiger partial charge in [-0.05, 0) is 54.7 Å². The SMILES string of the molecule is CCCCCc1cc(CCC(=O)OC)cc(-n2nc3ccc(Cl)cc3n2)c1O. The molecule has 3 aromatic rings. The van der Waals surface area contributed by atoms with Crippen LogP contribution in [-0.4, -0.2) is 33.2 Å². The summed E-state index contributed by atoms with van der Waals surface area (Å²) in [5.74, 6) is -0.0934. The van der Waals surface area contributed by atoms with Crippen LogP contribution >= 0.6 is 11.6 Å². The number of aryl methyl sites for hydroxylation is 2. The predicted octanol–water partition coefficient (Wildman–Crippen LogP) is 4.62. The summed E-state index contributed by atoms with van der Waals surface area (Å²) >= 11 is 6.04. The summed E-state index contributed by atoms with van der Waals surface area (Å²) in [7, 11) is 1.38. The standard InChI is InChI=1S/C21H24ClN3O3/c1-3-4-5-6-15-11-14(7-10-20(26)28-2)12-19(21(15)27)25-23-17-9-8-16(22)13-18(17)24-25/h8-9,11-13,27H,3-7,10H2,1-2H3. The molecular weight excluding hydrogens is 378 g/mol. The fourth-order valence-corrected chi connectivity index (χ4v) is 3.31. The van der Waals surface area contributed by atoms with Gasteiger partial charge in [0.2, 0.25) is 0 Å². The largest absolute Gasteiger partial charge is 0.505 e. The van der Waals surface area contributed by atoms with E-state index in [1.807, 2.05) is 12.1 Å². The molecular formula is C21H24ClN3O3. The first kappa shape index (κ1) is 20.1. The molecule has 0 unspecified atom stereocenters. The number of rotatable bonds is 8. The van der Waals surface area contributed by atoms with Gasteiger partial charge in [-0.2, -0.15) is 0 Å². The molecule has 0 atom stereocenters. The average molecular weight is 402 g/mol. The Hall–Kier alpha value is -2.60. The second-order valence-electron chi connectivity index (χ2n) is 6.78. The van der Waals surface area contributed by atoms with Gasteiger partial charge in [-0.1, -0.05) is 37.4 Å². The van der Waals surface area contributed by atoms with Crippen molar-refractivity contribution in [3.05, 3.63) is 46.5 Å². The number of phenols is 1. The van der Waals surface area contributed by atoms with E-state index >= 15 is 0 Å². The van der Waals surface area contributed by atoms with Gasteiger partial charge in [-0.3, -0.25) is 4.79 Å². The van der Waals surface area contributed by atoms with Crippen LogP contribution < -0.4 is 0 Å². The third-order valence-corrected chi connectivity index (χ3v) is 4.92. The lowest BCUT2D eigenvalue weighted by Crippen LogP contribution is -2.05. The van der Waals surface area contributed by atoms with Crippen molar-refractivity contribution in [1.29, 1.82) is 0 Å². The number of ether oxygens (including phenoxy) is 1. The van der Waals surface area contributed by atoms with Crippen LogP contribution in [0.2, 0.25) is 5.02 Å². The molecule has 6 nitrogen and oxygen atoms in total. The van der Waals surface area contributed by atoms with Crippen LogP contribution in [0.5, 0.6) is 5.75 Å². The van der Waals surface area contributed by atoms with Crippen molar-refractivity contribution in [3.8, 4) is 11.4 Å². The van der Waals surface area contributed by atoms with E-state index in [0.717, 1.165) is 36.8 Å². The van der Waals surface area contributed by atoms with E-state index in [1.54, 1.807) is 18.2 Å². The smallest absolute Gasteiger partial charge is 0.305 e. The van der Waals surface area contributed by atoms with Gasteiger partial charge >= 0.3 is 5.97 Å². The maximum absolute atomic E-state index is 11.5. The van der Waals surface area contributed by atoms with Gasteiger partial charge in [-0.25, -0.2) is 0 Å². The van der Waals surface area contributed by atoms with Gasteiger partial charge in [0, 0.05) is 11.4 Å². The second kappa shape index (κ2) is 9.06. The molecule has 2 aromatic carbocycles. The molecule has 1 N–H and O–H groups in total. The van der Waals surface area contributed by atoms with Crippen LogP contribution in [0.1, 0.15) is 43.7 Å². The molecule has 0 aliphatic heterocycles. The number of fused-ring (bicyclic) bond motifs is 1. The van der Waals surface area contributed by atoms with E-state index in [-0.39, 0.29) is 18.1 Å². The lowest BCUT2D eigenvalue weighted by atomic mass is 10.00. The number of carbonyl (C=O) groups excluding carboxylic acids is 1. The van der Waals surface area contributed by atoms with E-state index in [0.29, 0.717) is 28.2 Å². The number of esters is 1. The van der Waals surface area contributed by atoms with Crippen LogP contribution in [0.25, 0.3) is 16.7 Å². The summed E-state index contributed by atoms with van der Waals surface area (Å²) in [6.07, 6.45) is 4.72. The highest BCUT2D eigenvalue weighted by Gasteiger charge is 2.15. The van der Waals surface area contributed by atoms with Gasteiger partial charge in [0.25, 0.3) is 0 Å². The van der Waals surface area contributed by atoms with Crippen molar-refractivity contribution in [2.75, 3.05) is 7.11 Å². The van der Waals surface area contributed by atoms with Gasteiger partial charge in [0.15, 0.2) is 0 Å². The summed E-state index contributed by atoms with van der Waals surface area (Å²) in [4.78, 5) is 13.0. The van der Waals surface area contributed by atoms with Crippen molar-refractivity contribution in [3.63, 3.8) is 0 Å². The van der Waals surface area contributed by atoms with Gasteiger partial charge < -0.3 is 9.84 Å². The summed E-state index contributed by atoms with van der Waals surface area (Å²) < 4.78 is 4.74. The topological polar surface area (TPSA) is 77.2 Å². The molecule has 1 aromatic heterocycles. The Balaban J connectivity index is 2.00. The highest BCUT2D eigenvalue weighted by atomic mass is 35.5. The molecule has 3 rings (SSSR count). The van der Waals surface area contributed by atoms with Gasteiger partial charge in [0.05, 0.1) is 7.11 Å². The number of hydrogen-bond acceptors (Lipinski definition) is 5. The molecule has 28 heavy (non-hydrogen) atoms. The maximum Gasteiger partial charge on any atom is 0.305 e. The summed E-state index contributed by atoms with van der Waals surface area (Å²) in [6.45, 7) is 2.14. The third kappa shape index (κ3) is 4.62. The monoisotopic (exact) mass is 401 g/mol. The van der Waals surface area contributed by atoms with Crippen molar-refractivity contribution in [1.82, 2.24) is 15.0 Å². The Labute approximate surface area is 169 Å². The Morgan fingerprint density at radius 3 is 2.68 bits per heavy atom. The molecule has 1 heterocycles. The molecule has 0 saturated carbocycles. The van der Waals surface area contributed by atoms with E-state index in [9.17, 15) is 9.90 Å². The van der Waals surface area contributed by atoms with Crippen molar-refractivity contribution >= 4 is 28.6 Å². The molecule has 0 bridgehead atoms. The minimum atomic E-state index is -0.264. The van der Waals surface area contributed by atoms with Crippen LogP contribution in [0.4, 0.5) is 0 Å². The molecule has 148 valence electrons. The van der Waals surface area contributed by atoms with Crippen molar-refractivity contribution in [2.24, 2.45) is 0 Å². The number of phenolic OH excluding ortho intramolecular Hbond substituents is 1. The lowest BCUT2D eigenvalue weighted by Gasteiger charge is -2.12.